The molecule has 0 heterocycles. The van der Waals surface area contributed by atoms with Crippen molar-refractivity contribution < 1.29 is 0 Å². The van der Waals surface area contributed by atoms with Gasteiger partial charge in [0.2, 0.25) is 0 Å². The number of nitrogens with zero attached hydrogens (tertiary/aromatic N) is 2. The first-order valence-electron chi connectivity index (χ1n) is 22.7. The second-order valence-electron chi connectivity index (χ2n) is 16.0. The first-order valence-corrected chi connectivity index (χ1v) is 22.7. The molecule has 0 N–H and O–H groups in total. The predicted molar refractivity (Wildman–Crippen MR) is 253 cm³/mol. The zero-order valence-corrected chi connectivity index (χ0v) is 35.6. The molecule has 0 saturated heterocycles. The zero-order chi connectivity index (χ0) is 39.2. The van der Waals surface area contributed by atoms with Crippen LogP contribution in [0.4, 0.5) is 11.4 Å². The number of anilines is 2. The molecule has 0 spiro atoms. The topological polar surface area (TPSA) is 6.48 Å². The van der Waals surface area contributed by atoms with Gasteiger partial charge in [-0.3, -0.25) is 0 Å². The van der Waals surface area contributed by atoms with Crippen LogP contribution in [0.2, 0.25) is 0 Å². The molecule has 0 bridgehead atoms. The van der Waals surface area contributed by atoms with Gasteiger partial charge in [0.1, 0.15) is 0 Å². The van der Waals surface area contributed by atoms with Gasteiger partial charge in [-0.25, -0.2) is 0 Å². The monoisotopic (exact) mass is 749 g/mol. The summed E-state index contributed by atoms with van der Waals surface area (Å²) in [6.07, 6.45) is 30.2. The van der Waals surface area contributed by atoms with E-state index in [4.69, 9.17) is 0 Å². The smallest absolute Gasteiger partial charge is 0.0366 e. The van der Waals surface area contributed by atoms with Gasteiger partial charge >= 0.3 is 0 Å². The summed E-state index contributed by atoms with van der Waals surface area (Å²) in [5.41, 5.74) is 7.78. The first kappa shape index (κ1) is 42.8. The maximum Gasteiger partial charge on any atom is 0.0366 e. The van der Waals surface area contributed by atoms with Crippen molar-refractivity contribution in [1.82, 2.24) is 0 Å². The highest BCUT2D eigenvalue weighted by Crippen LogP contribution is 2.35. The molecule has 0 saturated carbocycles. The largest absolute Gasteiger partial charge is 0.372 e. The van der Waals surface area contributed by atoms with Gasteiger partial charge in [0, 0.05) is 37.6 Å². The van der Waals surface area contributed by atoms with Gasteiger partial charge in [0.25, 0.3) is 0 Å². The molecule has 0 aromatic heterocycles. The minimum Gasteiger partial charge on any atom is -0.372 e. The highest BCUT2D eigenvalue weighted by atomic mass is 15.1. The van der Waals surface area contributed by atoms with E-state index in [2.05, 4.69) is 159 Å². The normalized spacial score (nSPS) is 11.8. The van der Waals surface area contributed by atoms with Gasteiger partial charge in [-0.15, -0.1) is 0 Å². The Balaban J connectivity index is 1.37. The molecule has 0 aliphatic heterocycles. The molecule has 0 aliphatic rings. The van der Waals surface area contributed by atoms with Crippen molar-refractivity contribution in [2.75, 3.05) is 36.0 Å². The van der Waals surface area contributed by atoms with Crippen molar-refractivity contribution in [2.45, 2.75) is 130 Å². The minimum atomic E-state index is 1.16. The van der Waals surface area contributed by atoms with Crippen LogP contribution >= 0.6 is 0 Å². The summed E-state index contributed by atoms with van der Waals surface area (Å²) in [4.78, 5) is 5.25. The molecule has 56 heavy (non-hydrogen) atoms. The quantitative estimate of drug-likeness (QED) is 0.0316. The van der Waals surface area contributed by atoms with E-state index in [9.17, 15) is 0 Å². The van der Waals surface area contributed by atoms with E-state index in [1.54, 1.807) is 0 Å². The molecular formula is C54H72N2. The van der Waals surface area contributed by atoms with E-state index in [1.165, 1.54) is 158 Å². The molecule has 2 nitrogen and oxygen atoms in total. The standard InChI is InChI=1S/C54H72N2/c1-5-9-13-21-41-55(42-22-14-10-6-2)47-35-29-45(30-36-47)33-39-53-49-25-17-19-27-51(49)54(52-28-20-18-26-50(52)53)40-34-46-31-37-48(38-32-46)56(43-23-15-11-7-3)44-24-16-12-8-4/h17-20,25-40H,5-16,21-24,41-44H2,1-4H3/b39-33+,40-34+. The third-order valence-electron chi connectivity index (χ3n) is 11.5. The molecule has 0 radical (unpaired) electrons. The predicted octanol–water partition coefficient (Wildman–Crippen LogP) is 16.3. The minimum absolute atomic E-state index is 1.16. The Morgan fingerprint density at radius 3 is 0.875 bits per heavy atom. The molecule has 5 aromatic carbocycles. The van der Waals surface area contributed by atoms with Crippen LogP contribution in [0.5, 0.6) is 0 Å². The van der Waals surface area contributed by atoms with Crippen molar-refractivity contribution in [2.24, 2.45) is 0 Å². The summed E-state index contributed by atoms with van der Waals surface area (Å²) < 4.78 is 0. The molecule has 298 valence electrons. The molecule has 2 heteroatoms. The van der Waals surface area contributed by atoms with Crippen molar-refractivity contribution in [1.29, 1.82) is 0 Å². The molecule has 0 aliphatic carbocycles. The summed E-state index contributed by atoms with van der Waals surface area (Å²) in [6, 6.07) is 36.5. The summed E-state index contributed by atoms with van der Waals surface area (Å²) in [5, 5.41) is 5.17. The van der Waals surface area contributed by atoms with Crippen molar-refractivity contribution in [3.05, 3.63) is 119 Å². The van der Waals surface area contributed by atoms with Crippen molar-refractivity contribution in [3.63, 3.8) is 0 Å². The Bertz CT molecular complexity index is 1680. The molecule has 5 aromatic rings. The Labute approximate surface area is 341 Å². The van der Waals surface area contributed by atoms with Crippen LogP contribution in [0.15, 0.2) is 97.1 Å². The SMILES string of the molecule is CCCCCCN(CCCCCC)c1ccc(/C=C/c2c3ccccc3c(/C=C/c3ccc(N(CCCCCC)CCCCCC)cc3)c3ccccc23)cc1. The van der Waals surface area contributed by atoms with Gasteiger partial charge in [-0.1, -0.05) is 202 Å². The van der Waals surface area contributed by atoms with Crippen molar-refractivity contribution >= 4 is 57.2 Å². The van der Waals surface area contributed by atoms with Crippen LogP contribution in [-0.4, -0.2) is 26.2 Å². The molecule has 0 unspecified atom stereocenters. The fraction of sp³-hybridized carbons (Fsp3) is 0.444. The summed E-state index contributed by atoms with van der Waals surface area (Å²) in [5.74, 6) is 0. The average molecular weight is 749 g/mol. The number of unbranched alkanes of at least 4 members (excludes halogenated alkanes) is 12. The second kappa shape index (κ2) is 24.4. The van der Waals surface area contributed by atoms with E-state index in [-0.39, 0.29) is 0 Å². The number of fused-ring (bicyclic) bond motifs is 2. The molecular weight excluding hydrogens is 677 g/mol. The summed E-state index contributed by atoms with van der Waals surface area (Å²) in [7, 11) is 0. The van der Waals surface area contributed by atoms with E-state index in [0.29, 0.717) is 0 Å². The Hall–Kier alpha value is -4.30. The maximum atomic E-state index is 2.63. The van der Waals surface area contributed by atoms with E-state index in [0.717, 1.165) is 26.2 Å². The third kappa shape index (κ3) is 12.9. The lowest BCUT2D eigenvalue weighted by molar-refractivity contribution is 0.609. The van der Waals surface area contributed by atoms with Gasteiger partial charge in [-0.05, 0) is 93.7 Å². The van der Waals surface area contributed by atoms with Gasteiger partial charge in [-0.2, -0.15) is 0 Å². The van der Waals surface area contributed by atoms with Crippen molar-refractivity contribution in [3.8, 4) is 0 Å². The lowest BCUT2D eigenvalue weighted by Crippen LogP contribution is -2.25. The lowest BCUT2D eigenvalue weighted by atomic mass is 9.91. The van der Waals surface area contributed by atoms with Crippen LogP contribution < -0.4 is 9.80 Å². The lowest BCUT2D eigenvalue weighted by Gasteiger charge is -2.25. The Kier molecular flexibility index (Phi) is 18.6. The van der Waals surface area contributed by atoms with Crippen LogP contribution in [0.1, 0.15) is 153 Å². The second-order valence-corrected chi connectivity index (χ2v) is 16.0. The number of benzene rings is 5. The van der Waals surface area contributed by atoms with E-state index in [1.807, 2.05) is 0 Å². The first-order chi connectivity index (χ1) is 27.7. The highest BCUT2D eigenvalue weighted by Gasteiger charge is 2.12. The average Bonchev–Trinajstić information content (AvgIpc) is 3.24. The zero-order valence-electron chi connectivity index (χ0n) is 35.6. The fourth-order valence-electron chi connectivity index (χ4n) is 8.16. The Morgan fingerprint density at radius 1 is 0.321 bits per heavy atom. The third-order valence-corrected chi connectivity index (χ3v) is 11.5. The maximum absolute atomic E-state index is 2.63. The molecule has 0 amide bonds. The number of rotatable bonds is 26. The fourth-order valence-corrected chi connectivity index (χ4v) is 8.16. The Morgan fingerprint density at radius 2 is 0.607 bits per heavy atom. The van der Waals surface area contributed by atoms with Crippen LogP contribution in [0.25, 0.3) is 45.8 Å². The summed E-state index contributed by atoms with van der Waals surface area (Å²) in [6.45, 7) is 13.8. The van der Waals surface area contributed by atoms with Crippen LogP contribution in [0.3, 0.4) is 0 Å². The number of hydrogen-bond acceptors (Lipinski definition) is 2. The highest BCUT2D eigenvalue weighted by molar-refractivity contribution is 6.14. The number of hydrogen-bond donors (Lipinski definition) is 0. The van der Waals surface area contributed by atoms with Gasteiger partial charge in [0.15, 0.2) is 0 Å². The molecule has 5 rings (SSSR count). The van der Waals surface area contributed by atoms with E-state index >= 15 is 0 Å². The van der Waals surface area contributed by atoms with E-state index < -0.39 is 0 Å². The van der Waals surface area contributed by atoms with Gasteiger partial charge < -0.3 is 9.80 Å². The summed E-state index contributed by atoms with van der Waals surface area (Å²) >= 11 is 0. The van der Waals surface area contributed by atoms with Crippen LogP contribution in [-0.2, 0) is 0 Å². The van der Waals surface area contributed by atoms with Gasteiger partial charge in [0.05, 0.1) is 0 Å². The molecule has 0 fully saturated rings. The van der Waals surface area contributed by atoms with Crippen LogP contribution in [0, 0.1) is 0 Å². The molecule has 0 atom stereocenters.